The van der Waals surface area contributed by atoms with Crippen LogP contribution in [0.1, 0.15) is 18.5 Å². The molecular formula is C13H11ClF2N2. The number of halogens is 3. The van der Waals surface area contributed by atoms with Gasteiger partial charge in [-0.15, -0.1) is 0 Å². The Morgan fingerprint density at radius 2 is 1.89 bits per heavy atom. The van der Waals surface area contributed by atoms with Crippen LogP contribution in [0.2, 0.25) is 5.02 Å². The lowest BCUT2D eigenvalue weighted by atomic mass is 10.1. The summed E-state index contributed by atoms with van der Waals surface area (Å²) >= 11 is 5.62. The van der Waals surface area contributed by atoms with E-state index in [2.05, 4.69) is 10.3 Å². The van der Waals surface area contributed by atoms with Crippen molar-refractivity contribution >= 4 is 17.4 Å². The summed E-state index contributed by atoms with van der Waals surface area (Å²) in [6.07, 6.45) is 1.37. The maximum atomic E-state index is 13.5. The number of hydrogen-bond donors (Lipinski definition) is 1. The summed E-state index contributed by atoms with van der Waals surface area (Å²) in [5, 5.41) is 3.15. The van der Waals surface area contributed by atoms with Crippen molar-refractivity contribution in [3.63, 3.8) is 0 Å². The number of rotatable bonds is 3. The first kappa shape index (κ1) is 12.8. The molecule has 0 aliphatic carbocycles. The van der Waals surface area contributed by atoms with E-state index >= 15 is 0 Å². The van der Waals surface area contributed by atoms with E-state index in [0.29, 0.717) is 0 Å². The van der Waals surface area contributed by atoms with Crippen LogP contribution >= 0.6 is 11.6 Å². The number of aromatic nitrogens is 1. The number of anilines is 1. The molecule has 0 saturated heterocycles. The zero-order valence-electron chi connectivity index (χ0n) is 9.62. The molecule has 94 valence electrons. The van der Waals surface area contributed by atoms with Crippen LogP contribution in [-0.4, -0.2) is 4.98 Å². The van der Waals surface area contributed by atoms with Gasteiger partial charge in [-0.1, -0.05) is 23.7 Å². The fourth-order valence-electron chi connectivity index (χ4n) is 1.56. The predicted molar refractivity (Wildman–Crippen MR) is 67.6 cm³/mol. The van der Waals surface area contributed by atoms with Crippen LogP contribution < -0.4 is 5.32 Å². The van der Waals surface area contributed by atoms with Crippen LogP contribution in [-0.2, 0) is 0 Å². The lowest BCUT2D eigenvalue weighted by molar-refractivity contribution is 0.619. The van der Waals surface area contributed by atoms with Crippen molar-refractivity contribution in [1.29, 1.82) is 0 Å². The Kier molecular flexibility index (Phi) is 3.77. The molecule has 18 heavy (non-hydrogen) atoms. The molecular weight excluding hydrogens is 258 g/mol. The van der Waals surface area contributed by atoms with Gasteiger partial charge in [0.15, 0.2) is 11.6 Å². The van der Waals surface area contributed by atoms with Gasteiger partial charge in [0.2, 0.25) is 0 Å². The van der Waals surface area contributed by atoms with E-state index in [1.165, 1.54) is 24.4 Å². The van der Waals surface area contributed by atoms with Crippen molar-refractivity contribution in [2.24, 2.45) is 0 Å². The number of benzene rings is 1. The van der Waals surface area contributed by atoms with E-state index < -0.39 is 5.82 Å². The average Bonchev–Trinajstić information content (AvgIpc) is 2.33. The highest BCUT2D eigenvalue weighted by Crippen LogP contribution is 2.21. The molecule has 0 bridgehead atoms. The first-order chi connectivity index (χ1) is 8.56. The fraction of sp³-hybridized carbons (Fsp3) is 0.154. The highest BCUT2D eigenvalue weighted by molar-refractivity contribution is 6.30. The van der Waals surface area contributed by atoms with E-state index in [9.17, 15) is 8.78 Å². The van der Waals surface area contributed by atoms with E-state index in [-0.39, 0.29) is 22.7 Å². The monoisotopic (exact) mass is 268 g/mol. The second-order valence-electron chi connectivity index (χ2n) is 3.90. The van der Waals surface area contributed by atoms with E-state index in [0.717, 1.165) is 5.56 Å². The smallest absolute Gasteiger partial charge is 0.166 e. The summed E-state index contributed by atoms with van der Waals surface area (Å²) in [5.74, 6) is -0.700. The Morgan fingerprint density at radius 1 is 1.22 bits per heavy atom. The molecule has 0 radical (unpaired) electrons. The van der Waals surface area contributed by atoms with Crippen molar-refractivity contribution < 1.29 is 8.78 Å². The Labute approximate surface area is 109 Å². The van der Waals surface area contributed by atoms with Gasteiger partial charge in [-0.05, 0) is 30.7 Å². The maximum Gasteiger partial charge on any atom is 0.166 e. The minimum absolute atomic E-state index is 0.122. The molecule has 1 heterocycles. The van der Waals surface area contributed by atoms with Gasteiger partial charge in [-0.3, -0.25) is 0 Å². The van der Waals surface area contributed by atoms with Gasteiger partial charge < -0.3 is 5.32 Å². The first-order valence-electron chi connectivity index (χ1n) is 5.39. The Bertz CT molecular complexity index is 543. The molecule has 2 rings (SSSR count). The summed E-state index contributed by atoms with van der Waals surface area (Å²) in [4.78, 5) is 3.87. The van der Waals surface area contributed by atoms with Crippen molar-refractivity contribution in [1.82, 2.24) is 4.98 Å². The van der Waals surface area contributed by atoms with Crippen molar-refractivity contribution in [2.75, 3.05) is 5.32 Å². The van der Waals surface area contributed by atoms with Crippen LogP contribution in [0.15, 0.2) is 36.5 Å². The standard InChI is InChI=1S/C13H11ClF2N2/c1-8(9-2-4-11(15)5-3-9)18-13-12(16)6-10(14)7-17-13/h2-8H,1H3,(H,17,18). The van der Waals surface area contributed by atoms with Crippen LogP contribution in [0.3, 0.4) is 0 Å². The SMILES string of the molecule is CC(Nc1ncc(Cl)cc1F)c1ccc(F)cc1. The van der Waals surface area contributed by atoms with Gasteiger partial charge in [0.1, 0.15) is 5.82 Å². The third-order valence-corrected chi connectivity index (χ3v) is 2.74. The second kappa shape index (κ2) is 5.31. The van der Waals surface area contributed by atoms with Gasteiger partial charge in [-0.2, -0.15) is 0 Å². The van der Waals surface area contributed by atoms with Crippen molar-refractivity contribution in [2.45, 2.75) is 13.0 Å². The Morgan fingerprint density at radius 3 is 2.50 bits per heavy atom. The molecule has 0 amide bonds. The van der Waals surface area contributed by atoms with E-state index in [1.807, 2.05) is 6.92 Å². The van der Waals surface area contributed by atoms with Crippen molar-refractivity contribution in [3.8, 4) is 0 Å². The zero-order valence-corrected chi connectivity index (χ0v) is 10.4. The molecule has 0 aliphatic heterocycles. The number of pyridine rings is 1. The molecule has 1 N–H and O–H groups in total. The van der Waals surface area contributed by atoms with Gasteiger partial charge in [0.05, 0.1) is 11.1 Å². The molecule has 2 aromatic rings. The number of nitrogens with one attached hydrogen (secondary N) is 1. The van der Waals surface area contributed by atoms with Crippen LogP contribution in [0, 0.1) is 11.6 Å². The largest absolute Gasteiger partial charge is 0.361 e. The van der Waals surface area contributed by atoms with Crippen molar-refractivity contribution in [3.05, 3.63) is 58.7 Å². The summed E-state index contributed by atoms with van der Waals surface area (Å²) in [6, 6.07) is 7.00. The maximum absolute atomic E-state index is 13.5. The molecule has 0 aliphatic rings. The van der Waals surface area contributed by atoms with Gasteiger partial charge in [0.25, 0.3) is 0 Å². The molecule has 0 saturated carbocycles. The highest BCUT2D eigenvalue weighted by atomic mass is 35.5. The van der Waals surface area contributed by atoms with E-state index in [1.54, 1.807) is 12.1 Å². The average molecular weight is 269 g/mol. The molecule has 1 aromatic heterocycles. The minimum atomic E-state index is -0.517. The van der Waals surface area contributed by atoms with Gasteiger partial charge in [-0.25, -0.2) is 13.8 Å². The third kappa shape index (κ3) is 2.96. The molecule has 0 fully saturated rings. The van der Waals surface area contributed by atoms with Gasteiger partial charge in [0, 0.05) is 6.20 Å². The van der Waals surface area contributed by atoms with Crippen LogP contribution in [0.4, 0.5) is 14.6 Å². The third-order valence-electron chi connectivity index (χ3n) is 2.53. The Balaban J connectivity index is 2.15. The topological polar surface area (TPSA) is 24.9 Å². The van der Waals surface area contributed by atoms with Crippen LogP contribution in [0.5, 0.6) is 0 Å². The summed E-state index contributed by atoms with van der Waals surface area (Å²) < 4.78 is 26.3. The summed E-state index contributed by atoms with van der Waals surface area (Å²) in [6.45, 7) is 1.84. The second-order valence-corrected chi connectivity index (χ2v) is 4.34. The van der Waals surface area contributed by atoms with Crippen LogP contribution in [0.25, 0.3) is 0 Å². The molecule has 5 heteroatoms. The Hall–Kier alpha value is -1.68. The predicted octanol–water partition coefficient (Wildman–Crippen LogP) is 4.19. The number of hydrogen-bond acceptors (Lipinski definition) is 2. The number of nitrogens with zero attached hydrogens (tertiary/aromatic N) is 1. The molecule has 2 nitrogen and oxygen atoms in total. The first-order valence-corrected chi connectivity index (χ1v) is 5.77. The molecule has 1 aromatic carbocycles. The zero-order chi connectivity index (χ0) is 13.1. The highest BCUT2D eigenvalue weighted by Gasteiger charge is 2.10. The minimum Gasteiger partial charge on any atom is -0.361 e. The molecule has 1 unspecified atom stereocenters. The normalized spacial score (nSPS) is 12.2. The van der Waals surface area contributed by atoms with Gasteiger partial charge >= 0.3 is 0 Å². The molecule has 1 atom stereocenters. The lowest BCUT2D eigenvalue weighted by Gasteiger charge is -2.15. The summed E-state index contributed by atoms with van der Waals surface area (Å²) in [5.41, 5.74) is 0.840. The fourth-order valence-corrected chi connectivity index (χ4v) is 1.71. The quantitative estimate of drug-likeness (QED) is 0.903. The lowest BCUT2D eigenvalue weighted by Crippen LogP contribution is -2.09. The summed E-state index contributed by atoms with van der Waals surface area (Å²) in [7, 11) is 0. The van der Waals surface area contributed by atoms with E-state index in [4.69, 9.17) is 11.6 Å². The molecule has 0 spiro atoms.